The van der Waals surface area contributed by atoms with Gasteiger partial charge in [0.1, 0.15) is 5.69 Å². The molecule has 2 aromatic rings. The fraction of sp³-hybridized carbons (Fsp3) is 0.500. The molecule has 0 saturated heterocycles. The Balaban J connectivity index is 2.44. The van der Waals surface area contributed by atoms with Gasteiger partial charge < -0.3 is 14.2 Å². The van der Waals surface area contributed by atoms with Crippen LogP contribution in [0.3, 0.4) is 0 Å². The van der Waals surface area contributed by atoms with E-state index in [1.54, 1.807) is 25.0 Å². The van der Waals surface area contributed by atoms with Crippen molar-refractivity contribution >= 4 is 35.3 Å². The first-order valence-electron chi connectivity index (χ1n) is 11.4. The van der Waals surface area contributed by atoms with Crippen molar-refractivity contribution in [2.24, 2.45) is 18.0 Å². The third-order valence-electron chi connectivity index (χ3n) is 5.49. The summed E-state index contributed by atoms with van der Waals surface area (Å²) in [6.45, 7) is 12.3. The second-order valence-electron chi connectivity index (χ2n) is 9.31. The summed E-state index contributed by atoms with van der Waals surface area (Å²) in [5, 5.41) is 4.86. The van der Waals surface area contributed by atoms with Gasteiger partial charge in [-0.25, -0.2) is 4.79 Å². The maximum absolute atomic E-state index is 12.0. The van der Waals surface area contributed by atoms with Crippen molar-refractivity contribution in [1.82, 2.24) is 9.78 Å². The first-order chi connectivity index (χ1) is 16.0. The number of aromatic nitrogens is 2. The van der Waals surface area contributed by atoms with Crippen LogP contribution >= 0.6 is 11.6 Å². The number of benzene rings is 1. The number of hydrogen-bond donors (Lipinski definition) is 0. The lowest BCUT2D eigenvalue weighted by Gasteiger charge is -2.20. The molecule has 0 aliphatic heterocycles. The summed E-state index contributed by atoms with van der Waals surface area (Å²) in [5.74, 6) is 0.653. The molecular weight excluding hydrogens is 454 g/mol. The molecule has 0 fully saturated rings. The lowest BCUT2D eigenvalue weighted by atomic mass is 9.86. The molecule has 0 aliphatic rings. The van der Waals surface area contributed by atoms with Gasteiger partial charge >= 0.3 is 6.16 Å². The van der Waals surface area contributed by atoms with Crippen LogP contribution in [0.2, 0.25) is 5.02 Å². The van der Waals surface area contributed by atoms with Crippen LogP contribution < -0.4 is 0 Å². The quantitative estimate of drug-likeness (QED) is 0.176. The molecule has 2 rings (SSSR count). The molecule has 1 atom stereocenters. The minimum Gasteiger partial charge on any atom is -0.454 e. The number of nitrogens with zero attached hydrogens (tertiary/aromatic N) is 3. The molecule has 7 nitrogen and oxygen atoms in total. The van der Waals surface area contributed by atoms with Gasteiger partial charge in [-0.3, -0.25) is 9.67 Å². The Morgan fingerprint density at radius 2 is 1.85 bits per heavy atom. The minimum atomic E-state index is -0.785. The standard InChI is InChI=1S/C26H36ClN3O4/c1-9-17(2)15-32-25(31)34-16-33-24(23-22(27)18(3)29-30(23)8)21(14-28-7)19-10-12-20(13-11-19)26(4,5)6/h10-14,17H,9,15-16H2,1-8H3/b24-21-,28-14-. The number of aryl methyl sites for hydroxylation is 2. The van der Waals surface area contributed by atoms with Gasteiger partial charge in [0.15, 0.2) is 5.76 Å². The summed E-state index contributed by atoms with van der Waals surface area (Å²) in [5.41, 5.74) is 4.00. The van der Waals surface area contributed by atoms with Gasteiger partial charge in [-0.1, -0.05) is 76.9 Å². The van der Waals surface area contributed by atoms with Crippen LogP contribution in [0.1, 0.15) is 63.6 Å². The summed E-state index contributed by atoms with van der Waals surface area (Å²) >= 11 is 6.59. The molecule has 1 aromatic heterocycles. The summed E-state index contributed by atoms with van der Waals surface area (Å²) in [7, 11) is 3.46. The number of carbonyl (C=O) groups excluding carboxylic acids is 1. The van der Waals surface area contributed by atoms with Crippen LogP contribution in [-0.2, 0) is 26.7 Å². The largest absolute Gasteiger partial charge is 0.511 e. The Bertz CT molecular complexity index is 1030. The van der Waals surface area contributed by atoms with Crippen molar-refractivity contribution < 1.29 is 19.0 Å². The van der Waals surface area contributed by atoms with E-state index in [4.69, 9.17) is 25.8 Å². The molecule has 8 heteroatoms. The molecule has 186 valence electrons. The average Bonchev–Trinajstić information content (AvgIpc) is 3.04. The van der Waals surface area contributed by atoms with Crippen molar-refractivity contribution in [3.05, 3.63) is 51.8 Å². The smallest absolute Gasteiger partial charge is 0.454 e. The van der Waals surface area contributed by atoms with Crippen molar-refractivity contribution in [2.45, 2.75) is 53.4 Å². The number of aliphatic imine (C=N–C) groups is 1. The summed E-state index contributed by atoms with van der Waals surface area (Å²) < 4.78 is 17.9. The lowest BCUT2D eigenvalue weighted by Crippen LogP contribution is -2.15. The summed E-state index contributed by atoms with van der Waals surface area (Å²) in [6.07, 6.45) is 1.82. The molecule has 0 aliphatic carbocycles. The molecule has 0 radical (unpaired) electrons. The summed E-state index contributed by atoms with van der Waals surface area (Å²) in [4.78, 5) is 16.2. The zero-order valence-electron chi connectivity index (χ0n) is 21.4. The third-order valence-corrected chi connectivity index (χ3v) is 5.94. The fourth-order valence-electron chi connectivity index (χ4n) is 3.20. The highest BCUT2D eigenvalue weighted by Gasteiger charge is 2.23. The number of allylic oxidation sites excluding steroid dienone is 1. The molecule has 0 N–H and O–H groups in total. The first-order valence-corrected chi connectivity index (χ1v) is 11.8. The van der Waals surface area contributed by atoms with E-state index >= 15 is 0 Å². The number of ether oxygens (including phenoxy) is 3. The maximum atomic E-state index is 12.0. The van der Waals surface area contributed by atoms with Crippen LogP contribution in [-0.4, -0.2) is 42.6 Å². The van der Waals surface area contributed by atoms with Gasteiger partial charge in [-0.15, -0.1) is 0 Å². The van der Waals surface area contributed by atoms with Gasteiger partial charge in [-0.05, 0) is 29.4 Å². The minimum absolute atomic E-state index is 0.0204. The maximum Gasteiger partial charge on any atom is 0.511 e. The number of halogens is 1. The van der Waals surface area contributed by atoms with E-state index in [-0.39, 0.29) is 18.1 Å². The summed E-state index contributed by atoms with van der Waals surface area (Å²) in [6, 6.07) is 8.18. The Morgan fingerprint density at radius 3 is 2.35 bits per heavy atom. The van der Waals surface area contributed by atoms with Crippen LogP contribution in [0.25, 0.3) is 11.3 Å². The molecular formula is C26H36ClN3O4. The van der Waals surface area contributed by atoms with E-state index in [9.17, 15) is 4.79 Å². The van der Waals surface area contributed by atoms with Crippen LogP contribution in [0.5, 0.6) is 0 Å². The SMILES string of the molecule is CCC(C)COC(=O)OCO/C(=C(/C=N\C)c1ccc(C(C)(C)C)cc1)c1c(Cl)c(C)nn1C. The monoisotopic (exact) mass is 489 g/mol. The number of rotatable bonds is 9. The predicted octanol–water partition coefficient (Wildman–Crippen LogP) is 6.42. The third kappa shape index (κ3) is 7.10. The van der Waals surface area contributed by atoms with Crippen LogP contribution in [0, 0.1) is 12.8 Å². The van der Waals surface area contributed by atoms with Gasteiger partial charge in [0.2, 0.25) is 6.79 Å². The fourth-order valence-corrected chi connectivity index (χ4v) is 3.45. The normalized spacial score (nSPS) is 13.6. The van der Waals surface area contributed by atoms with E-state index in [0.717, 1.165) is 12.0 Å². The topological polar surface area (TPSA) is 74.9 Å². The Kier molecular flexibility index (Phi) is 9.74. The molecule has 0 amide bonds. The number of hydrogen-bond acceptors (Lipinski definition) is 6. The van der Waals surface area contributed by atoms with Gasteiger partial charge in [0, 0.05) is 25.9 Å². The number of carbonyl (C=O) groups is 1. The Hall–Kier alpha value is -2.80. The first kappa shape index (κ1) is 27.4. The molecule has 34 heavy (non-hydrogen) atoms. The van der Waals surface area contributed by atoms with Crippen molar-refractivity contribution in [3.8, 4) is 0 Å². The van der Waals surface area contributed by atoms with Crippen molar-refractivity contribution in [3.63, 3.8) is 0 Å². The lowest BCUT2D eigenvalue weighted by molar-refractivity contribution is -0.0103. The second-order valence-corrected chi connectivity index (χ2v) is 9.69. The van der Waals surface area contributed by atoms with E-state index in [1.165, 1.54) is 5.56 Å². The van der Waals surface area contributed by atoms with E-state index in [0.29, 0.717) is 34.3 Å². The second kappa shape index (κ2) is 12.1. The molecule has 0 spiro atoms. The molecule has 0 saturated carbocycles. The van der Waals surface area contributed by atoms with Gasteiger partial charge in [0.25, 0.3) is 0 Å². The molecule has 1 unspecified atom stereocenters. The van der Waals surface area contributed by atoms with Crippen LogP contribution in [0.15, 0.2) is 29.3 Å². The Morgan fingerprint density at radius 1 is 1.21 bits per heavy atom. The van der Waals surface area contributed by atoms with Crippen LogP contribution in [0.4, 0.5) is 4.79 Å². The van der Waals surface area contributed by atoms with E-state index in [2.05, 4.69) is 43.0 Å². The Labute approximate surface area is 207 Å². The van der Waals surface area contributed by atoms with Crippen molar-refractivity contribution in [2.75, 3.05) is 20.4 Å². The highest BCUT2D eigenvalue weighted by molar-refractivity contribution is 6.33. The zero-order valence-corrected chi connectivity index (χ0v) is 22.2. The molecule has 1 aromatic carbocycles. The highest BCUT2D eigenvalue weighted by Crippen LogP contribution is 2.33. The molecule has 1 heterocycles. The van der Waals surface area contributed by atoms with Gasteiger partial charge in [0.05, 0.1) is 17.3 Å². The van der Waals surface area contributed by atoms with Gasteiger partial charge in [-0.2, -0.15) is 5.10 Å². The van der Waals surface area contributed by atoms with E-state index in [1.807, 2.05) is 32.9 Å². The highest BCUT2D eigenvalue weighted by atomic mass is 35.5. The van der Waals surface area contributed by atoms with Crippen molar-refractivity contribution in [1.29, 1.82) is 0 Å². The van der Waals surface area contributed by atoms with E-state index < -0.39 is 6.16 Å². The zero-order chi connectivity index (χ0) is 25.5. The average molecular weight is 490 g/mol. The predicted molar refractivity (Wildman–Crippen MR) is 137 cm³/mol. The molecule has 0 bridgehead atoms.